The second kappa shape index (κ2) is 7.61. The molecule has 2 aromatic rings. The van der Waals surface area contributed by atoms with Gasteiger partial charge in [-0.3, -0.25) is 4.90 Å². The van der Waals surface area contributed by atoms with Gasteiger partial charge in [-0.1, -0.05) is 36.8 Å². The molecule has 1 aliphatic heterocycles. The number of hydrogen-bond acceptors (Lipinski definition) is 2. The van der Waals surface area contributed by atoms with Gasteiger partial charge in [-0.2, -0.15) is 0 Å². The molecular weight excluding hydrogens is 272 g/mol. The molecule has 0 radical (unpaired) electrons. The Kier molecular flexibility index (Phi) is 5.30. The Morgan fingerprint density at radius 1 is 1.00 bits per heavy atom. The van der Waals surface area contributed by atoms with E-state index in [1.54, 1.807) is 0 Å². The zero-order valence-electron chi connectivity index (χ0n) is 13.2. The Morgan fingerprint density at radius 2 is 1.86 bits per heavy atom. The highest BCUT2D eigenvalue weighted by Crippen LogP contribution is 2.22. The third-order valence-corrected chi connectivity index (χ3v) is 4.62. The number of nitrogens with zero attached hydrogens (tertiary/aromatic N) is 2. The summed E-state index contributed by atoms with van der Waals surface area (Å²) < 4.78 is 2.26. The van der Waals surface area contributed by atoms with Crippen molar-refractivity contribution in [2.75, 3.05) is 13.2 Å². The minimum atomic E-state index is 0.302. The molecule has 1 aliphatic rings. The second-order valence-corrected chi connectivity index (χ2v) is 6.31. The van der Waals surface area contributed by atoms with Crippen molar-refractivity contribution in [1.29, 1.82) is 0 Å². The van der Waals surface area contributed by atoms with Crippen LogP contribution in [-0.4, -0.2) is 33.8 Å². The minimum absolute atomic E-state index is 0.302. The first-order valence-corrected chi connectivity index (χ1v) is 8.38. The Morgan fingerprint density at radius 3 is 2.68 bits per heavy atom. The number of likely N-dealkylation sites (tertiary alicyclic amines) is 1. The van der Waals surface area contributed by atoms with Gasteiger partial charge in [0.2, 0.25) is 0 Å². The summed E-state index contributed by atoms with van der Waals surface area (Å²) in [5, 5.41) is 9.24. The average molecular weight is 298 g/mol. The van der Waals surface area contributed by atoms with Gasteiger partial charge in [0.25, 0.3) is 0 Å². The van der Waals surface area contributed by atoms with E-state index in [1.165, 1.54) is 30.4 Å². The van der Waals surface area contributed by atoms with Gasteiger partial charge in [0.1, 0.15) is 0 Å². The van der Waals surface area contributed by atoms with E-state index in [0.29, 0.717) is 12.6 Å². The first-order chi connectivity index (χ1) is 10.8. The number of piperidine rings is 1. The van der Waals surface area contributed by atoms with Gasteiger partial charge in [0, 0.05) is 38.1 Å². The maximum Gasteiger partial charge on any atom is 0.0470 e. The maximum atomic E-state index is 9.24. The quantitative estimate of drug-likeness (QED) is 0.886. The topological polar surface area (TPSA) is 28.4 Å². The normalized spacial score (nSPS) is 19.4. The number of benzene rings is 1. The molecule has 0 amide bonds. The van der Waals surface area contributed by atoms with Crippen molar-refractivity contribution < 1.29 is 5.11 Å². The number of aromatic nitrogens is 1. The molecular formula is C19H26N2O. The molecule has 118 valence electrons. The minimum Gasteiger partial charge on any atom is -0.396 e. The molecule has 1 atom stereocenters. The van der Waals surface area contributed by atoms with Crippen LogP contribution in [0.3, 0.4) is 0 Å². The highest BCUT2D eigenvalue weighted by molar-refractivity contribution is 5.17. The van der Waals surface area contributed by atoms with E-state index in [-0.39, 0.29) is 0 Å². The zero-order chi connectivity index (χ0) is 15.2. The molecule has 1 saturated heterocycles. The molecule has 1 aromatic carbocycles. The van der Waals surface area contributed by atoms with Crippen LogP contribution in [0.5, 0.6) is 0 Å². The van der Waals surface area contributed by atoms with Crippen molar-refractivity contribution in [2.45, 2.75) is 44.8 Å². The van der Waals surface area contributed by atoms with Crippen molar-refractivity contribution in [2.24, 2.45) is 0 Å². The van der Waals surface area contributed by atoms with E-state index in [1.807, 2.05) is 0 Å². The van der Waals surface area contributed by atoms with Gasteiger partial charge in [-0.15, -0.1) is 0 Å². The molecule has 1 aromatic heterocycles. The molecule has 3 nitrogen and oxygen atoms in total. The summed E-state index contributed by atoms with van der Waals surface area (Å²) in [7, 11) is 0. The first-order valence-electron chi connectivity index (χ1n) is 8.38. The largest absolute Gasteiger partial charge is 0.396 e. The highest BCUT2D eigenvalue weighted by Gasteiger charge is 2.21. The fourth-order valence-corrected chi connectivity index (χ4v) is 3.46. The lowest BCUT2D eigenvalue weighted by Crippen LogP contribution is -2.39. The fraction of sp³-hybridized carbons (Fsp3) is 0.474. The number of rotatable bonds is 6. The lowest BCUT2D eigenvalue weighted by molar-refractivity contribution is 0.112. The molecule has 2 heterocycles. The third kappa shape index (κ3) is 3.99. The molecule has 3 heteroatoms. The van der Waals surface area contributed by atoms with Gasteiger partial charge >= 0.3 is 0 Å². The third-order valence-electron chi connectivity index (χ3n) is 4.62. The fourth-order valence-electron chi connectivity index (χ4n) is 3.46. The number of aliphatic hydroxyl groups is 1. The van der Waals surface area contributed by atoms with E-state index in [9.17, 15) is 5.11 Å². The summed E-state index contributed by atoms with van der Waals surface area (Å²) in [6.07, 6.45) is 9.16. The highest BCUT2D eigenvalue weighted by atomic mass is 16.3. The maximum absolute atomic E-state index is 9.24. The van der Waals surface area contributed by atoms with Crippen LogP contribution in [-0.2, 0) is 13.1 Å². The first kappa shape index (κ1) is 15.3. The Hall–Kier alpha value is -1.58. The van der Waals surface area contributed by atoms with E-state index in [0.717, 1.165) is 26.1 Å². The monoisotopic (exact) mass is 298 g/mol. The van der Waals surface area contributed by atoms with Gasteiger partial charge in [-0.25, -0.2) is 0 Å². The van der Waals surface area contributed by atoms with E-state index in [4.69, 9.17) is 0 Å². The summed E-state index contributed by atoms with van der Waals surface area (Å²) >= 11 is 0. The van der Waals surface area contributed by atoms with Crippen molar-refractivity contribution in [3.8, 4) is 0 Å². The van der Waals surface area contributed by atoms with Gasteiger partial charge in [-0.05, 0) is 43.0 Å². The Bertz CT molecular complexity index is 562. The van der Waals surface area contributed by atoms with Crippen LogP contribution >= 0.6 is 0 Å². The molecule has 0 bridgehead atoms. The van der Waals surface area contributed by atoms with Crippen LogP contribution in [0, 0.1) is 0 Å². The summed E-state index contributed by atoms with van der Waals surface area (Å²) in [5.74, 6) is 0. The van der Waals surface area contributed by atoms with Crippen molar-refractivity contribution in [3.05, 3.63) is 59.9 Å². The van der Waals surface area contributed by atoms with Crippen LogP contribution in [0.4, 0.5) is 0 Å². The Balaban J connectivity index is 1.61. The van der Waals surface area contributed by atoms with Gasteiger partial charge < -0.3 is 9.67 Å². The van der Waals surface area contributed by atoms with Crippen LogP contribution in [0.15, 0.2) is 48.8 Å². The van der Waals surface area contributed by atoms with Crippen LogP contribution in [0.2, 0.25) is 0 Å². The van der Waals surface area contributed by atoms with Gasteiger partial charge in [0.15, 0.2) is 0 Å². The summed E-state index contributed by atoms with van der Waals surface area (Å²) in [6, 6.07) is 13.4. The van der Waals surface area contributed by atoms with Crippen molar-refractivity contribution in [1.82, 2.24) is 9.47 Å². The molecule has 0 saturated carbocycles. The molecule has 1 fully saturated rings. The summed E-state index contributed by atoms with van der Waals surface area (Å²) in [4.78, 5) is 2.54. The molecule has 1 N–H and O–H groups in total. The molecule has 22 heavy (non-hydrogen) atoms. The van der Waals surface area contributed by atoms with E-state index < -0.39 is 0 Å². The van der Waals surface area contributed by atoms with Crippen LogP contribution < -0.4 is 0 Å². The summed E-state index contributed by atoms with van der Waals surface area (Å²) in [5.41, 5.74) is 2.71. The predicted octanol–water partition coefficient (Wildman–Crippen LogP) is 3.27. The smallest absolute Gasteiger partial charge is 0.0470 e. The SMILES string of the molecule is OCCC1CCCCN1Cc1ccn(Cc2ccccc2)c1. The predicted molar refractivity (Wildman–Crippen MR) is 89.7 cm³/mol. The second-order valence-electron chi connectivity index (χ2n) is 6.31. The van der Waals surface area contributed by atoms with E-state index >= 15 is 0 Å². The number of hydrogen-bond donors (Lipinski definition) is 1. The van der Waals surface area contributed by atoms with Gasteiger partial charge in [0.05, 0.1) is 0 Å². The van der Waals surface area contributed by atoms with Crippen molar-refractivity contribution >= 4 is 0 Å². The molecule has 0 aliphatic carbocycles. The standard InChI is InChI=1S/C19H26N2O/c22-13-10-19-8-4-5-11-21(19)16-18-9-12-20(15-18)14-17-6-2-1-3-7-17/h1-3,6-7,9,12,15,19,22H,4-5,8,10-11,13-14,16H2. The molecule has 3 rings (SSSR count). The van der Waals surface area contributed by atoms with E-state index in [2.05, 4.69) is 58.3 Å². The average Bonchev–Trinajstić information content (AvgIpc) is 2.98. The Labute approximate surface area is 133 Å². The number of aliphatic hydroxyl groups excluding tert-OH is 1. The zero-order valence-corrected chi connectivity index (χ0v) is 13.2. The molecule has 0 spiro atoms. The summed E-state index contributed by atoms with van der Waals surface area (Å²) in [6.45, 7) is 3.40. The van der Waals surface area contributed by atoms with Crippen LogP contribution in [0.25, 0.3) is 0 Å². The molecule has 1 unspecified atom stereocenters. The lowest BCUT2D eigenvalue weighted by Gasteiger charge is -2.35. The van der Waals surface area contributed by atoms with Crippen molar-refractivity contribution in [3.63, 3.8) is 0 Å². The lowest BCUT2D eigenvalue weighted by atomic mass is 9.99. The van der Waals surface area contributed by atoms with Crippen LogP contribution in [0.1, 0.15) is 36.8 Å².